The topological polar surface area (TPSA) is 134 Å². The van der Waals surface area contributed by atoms with Gasteiger partial charge in [-0.1, -0.05) is 54.6 Å². The van der Waals surface area contributed by atoms with E-state index >= 15 is 0 Å². The Balaban J connectivity index is 1.38. The lowest BCUT2D eigenvalue weighted by Crippen LogP contribution is -2.44. The van der Waals surface area contributed by atoms with E-state index in [0.29, 0.717) is 16.8 Å². The number of imide groups is 1. The van der Waals surface area contributed by atoms with Crippen LogP contribution in [0.15, 0.2) is 104 Å². The van der Waals surface area contributed by atoms with Crippen molar-refractivity contribution in [2.75, 3.05) is 5.73 Å². The first-order valence-corrected chi connectivity index (χ1v) is 13.2. The number of amidine groups is 1. The largest absolute Gasteiger partial charge is 0.398 e. The summed E-state index contributed by atoms with van der Waals surface area (Å²) in [4.78, 5) is 35.2. The molecule has 204 valence electrons. The van der Waals surface area contributed by atoms with E-state index in [-0.39, 0.29) is 24.8 Å². The van der Waals surface area contributed by atoms with Crippen LogP contribution in [0.5, 0.6) is 0 Å². The van der Waals surface area contributed by atoms with Gasteiger partial charge in [0.2, 0.25) is 0 Å². The number of urea groups is 1. The van der Waals surface area contributed by atoms with E-state index in [1.807, 2.05) is 83.6 Å². The van der Waals surface area contributed by atoms with Crippen molar-refractivity contribution >= 4 is 34.2 Å². The molecule has 0 aliphatic carbocycles. The summed E-state index contributed by atoms with van der Waals surface area (Å²) in [6.07, 6.45) is 5.25. The molecule has 0 saturated carbocycles. The average Bonchev–Trinajstić information content (AvgIpc) is 3.58. The number of carbonyl (C=O) groups is 2. The summed E-state index contributed by atoms with van der Waals surface area (Å²) in [5.41, 5.74) is 15.0. The summed E-state index contributed by atoms with van der Waals surface area (Å²) in [7, 11) is 0. The van der Waals surface area contributed by atoms with Crippen LogP contribution in [0.1, 0.15) is 29.2 Å². The van der Waals surface area contributed by atoms with Gasteiger partial charge < -0.3 is 20.9 Å². The SMILES string of the molecule is CC1(c2ccc(-n3ccnc3)cc2)C(=O)N(Cc2ccc3ccc(C(=N)N)cc3c2)C(=O)N1Cc1ccccc1N. The Hall–Kier alpha value is -5.44. The highest BCUT2D eigenvalue weighted by molar-refractivity contribution is 6.07. The minimum absolute atomic E-state index is 0.0205. The number of aromatic nitrogens is 2. The van der Waals surface area contributed by atoms with E-state index in [1.54, 1.807) is 36.5 Å². The molecule has 9 heteroatoms. The molecule has 1 unspecified atom stereocenters. The van der Waals surface area contributed by atoms with Crippen LogP contribution in [-0.2, 0) is 23.4 Å². The minimum Gasteiger partial charge on any atom is -0.398 e. The molecule has 1 aliphatic heterocycles. The van der Waals surface area contributed by atoms with Crippen molar-refractivity contribution in [3.63, 3.8) is 0 Å². The van der Waals surface area contributed by atoms with E-state index in [2.05, 4.69) is 4.98 Å². The number of hydrogen-bond donors (Lipinski definition) is 3. The Kier molecular flexibility index (Phi) is 6.26. The Labute approximate surface area is 237 Å². The molecule has 0 bridgehead atoms. The Bertz CT molecular complexity index is 1800. The number of carbonyl (C=O) groups excluding carboxylic acids is 2. The number of fused-ring (bicyclic) bond motifs is 1. The number of rotatable bonds is 7. The lowest BCUT2D eigenvalue weighted by Gasteiger charge is -2.32. The first-order valence-electron chi connectivity index (χ1n) is 13.2. The minimum atomic E-state index is -1.26. The Morgan fingerprint density at radius 1 is 0.927 bits per heavy atom. The molecule has 1 atom stereocenters. The molecule has 3 amide bonds. The second-order valence-corrected chi connectivity index (χ2v) is 10.4. The first kappa shape index (κ1) is 25.8. The van der Waals surface area contributed by atoms with Crippen molar-refractivity contribution in [1.82, 2.24) is 19.4 Å². The molecule has 4 aromatic carbocycles. The fourth-order valence-corrected chi connectivity index (χ4v) is 5.41. The van der Waals surface area contributed by atoms with Crippen molar-refractivity contribution < 1.29 is 9.59 Å². The van der Waals surface area contributed by atoms with Gasteiger partial charge in [-0.3, -0.25) is 15.1 Å². The van der Waals surface area contributed by atoms with E-state index in [9.17, 15) is 9.59 Å². The Morgan fingerprint density at radius 2 is 1.68 bits per heavy atom. The fourth-order valence-electron chi connectivity index (χ4n) is 5.41. The molecule has 0 spiro atoms. The monoisotopic (exact) mass is 543 g/mol. The van der Waals surface area contributed by atoms with Gasteiger partial charge in [0.25, 0.3) is 5.91 Å². The van der Waals surface area contributed by atoms with Gasteiger partial charge in [-0.15, -0.1) is 0 Å². The average molecular weight is 544 g/mol. The van der Waals surface area contributed by atoms with Crippen molar-refractivity contribution in [2.45, 2.75) is 25.6 Å². The predicted octanol–water partition coefficient (Wildman–Crippen LogP) is 4.77. The Morgan fingerprint density at radius 3 is 2.39 bits per heavy atom. The van der Waals surface area contributed by atoms with E-state index < -0.39 is 11.6 Å². The lowest BCUT2D eigenvalue weighted by atomic mass is 9.89. The molecule has 1 aliphatic rings. The zero-order valence-corrected chi connectivity index (χ0v) is 22.5. The molecule has 5 aromatic rings. The molecule has 1 aromatic heterocycles. The standard InChI is InChI=1S/C32H29N7O2/c1-32(26-10-12-27(13-11-26)37-15-14-36-20-37)30(40)38(31(41)39(32)19-24-4-2-3-5-28(24)33)18-21-6-7-22-8-9-23(29(34)35)17-25(22)16-21/h2-17,20H,18-19,33H2,1H3,(H3,34,35). The zero-order chi connectivity index (χ0) is 28.7. The molecule has 6 rings (SSSR count). The summed E-state index contributed by atoms with van der Waals surface area (Å²) in [6, 6.07) is 25.9. The van der Waals surface area contributed by atoms with Crippen molar-refractivity contribution in [1.29, 1.82) is 5.41 Å². The van der Waals surface area contributed by atoms with Gasteiger partial charge in [-0.05, 0) is 64.7 Å². The third kappa shape index (κ3) is 4.47. The highest BCUT2D eigenvalue weighted by Gasteiger charge is 2.55. The van der Waals surface area contributed by atoms with Crippen LogP contribution in [0, 0.1) is 5.41 Å². The normalized spacial score (nSPS) is 17.0. The van der Waals surface area contributed by atoms with Gasteiger partial charge in [0.1, 0.15) is 11.4 Å². The molecular weight excluding hydrogens is 514 g/mol. The molecule has 9 nitrogen and oxygen atoms in total. The number of para-hydroxylation sites is 1. The maximum absolute atomic E-state index is 14.2. The summed E-state index contributed by atoms with van der Waals surface area (Å²) >= 11 is 0. The number of anilines is 1. The third-order valence-electron chi connectivity index (χ3n) is 7.84. The number of nitrogens with two attached hydrogens (primary N) is 2. The molecule has 1 fully saturated rings. The molecule has 1 saturated heterocycles. The number of nitrogens with one attached hydrogen (secondary N) is 1. The number of imidazole rings is 1. The van der Waals surface area contributed by atoms with Crippen LogP contribution < -0.4 is 11.5 Å². The summed E-state index contributed by atoms with van der Waals surface area (Å²) < 4.78 is 1.87. The van der Waals surface area contributed by atoms with Crippen molar-refractivity contribution in [2.24, 2.45) is 5.73 Å². The van der Waals surface area contributed by atoms with Crippen LogP contribution >= 0.6 is 0 Å². The highest BCUT2D eigenvalue weighted by Crippen LogP contribution is 2.40. The van der Waals surface area contributed by atoms with Gasteiger partial charge in [-0.25, -0.2) is 9.78 Å². The van der Waals surface area contributed by atoms with Gasteiger partial charge in [0, 0.05) is 29.3 Å². The van der Waals surface area contributed by atoms with Gasteiger partial charge in [0.15, 0.2) is 0 Å². The van der Waals surface area contributed by atoms with Gasteiger partial charge in [-0.2, -0.15) is 0 Å². The van der Waals surface area contributed by atoms with Crippen LogP contribution in [0.3, 0.4) is 0 Å². The smallest absolute Gasteiger partial charge is 0.328 e. The second kappa shape index (κ2) is 9.95. The third-order valence-corrected chi connectivity index (χ3v) is 7.84. The first-order chi connectivity index (χ1) is 19.8. The molecule has 2 heterocycles. The van der Waals surface area contributed by atoms with Crippen LogP contribution in [0.2, 0.25) is 0 Å². The van der Waals surface area contributed by atoms with E-state index in [4.69, 9.17) is 16.9 Å². The highest BCUT2D eigenvalue weighted by atomic mass is 16.2. The van der Waals surface area contributed by atoms with Crippen LogP contribution in [-0.4, -0.2) is 37.1 Å². The molecular formula is C32H29N7O2. The summed E-state index contributed by atoms with van der Waals surface area (Å²) in [5.74, 6) is -0.335. The van der Waals surface area contributed by atoms with Gasteiger partial charge in [0.05, 0.1) is 19.4 Å². The van der Waals surface area contributed by atoms with Gasteiger partial charge >= 0.3 is 6.03 Å². The summed E-state index contributed by atoms with van der Waals surface area (Å²) in [6.45, 7) is 2.06. The summed E-state index contributed by atoms with van der Waals surface area (Å²) in [5, 5.41) is 9.62. The van der Waals surface area contributed by atoms with Crippen molar-refractivity contribution in [3.05, 3.63) is 126 Å². The molecule has 0 radical (unpaired) electrons. The fraction of sp³-hybridized carbons (Fsp3) is 0.125. The van der Waals surface area contributed by atoms with Crippen LogP contribution in [0.25, 0.3) is 16.5 Å². The number of nitrogens with zero attached hydrogens (tertiary/aromatic N) is 4. The molecule has 41 heavy (non-hydrogen) atoms. The van der Waals surface area contributed by atoms with E-state index in [0.717, 1.165) is 27.6 Å². The van der Waals surface area contributed by atoms with Crippen molar-refractivity contribution in [3.8, 4) is 5.69 Å². The zero-order valence-electron chi connectivity index (χ0n) is 22.5. The maximum atomic E-state index is 14.2. The number of nitrogen functional groups attached to an aromatic ring is 2. The number of benzene rings is 4. The predicted molar refractivity (Wildman–Crippen MR) is 158 cm³/mol. The maximum Gasteiger partial charge on any atom is 0.328 e. The lowest BCUT2D eigenvalue weighted by molar-refractivity contribution is -0.133. The second-order valence-electron chi connectivity index (χ2n) is 10.4. The van der Waals surface area contributed by atoms with Crippen LogP contribution in [0.4, 0.5) is 10.5 Å². The quantitative estimate of drug-likeness (QED) is 0.118. The molecule has 5 N–H and O–H groups in total. The number of amides is 3. The number of hydrogen-bond acceptors (Lipinski definition) is 5. The van der Waals surface area contributed by atoms with E-state index in [1.165, 1.54) is 4.90 Å².